The molecule has 1 aromatic heterocycles. The molecule has 0 unspecified atom stereocenters. The summed E-state index contributed by atoms with van der Waals surface area (Å²) in [6.07, 6.45) is 1.71. The summed E-state index contributed by atoms with van der Waals surface area (Å²) >= 11 is 1.35. The predicted molar refractivity (Wildman–Crippen MR) is 59.4 cm³/mol. The Morgan fingerprint density at radius 2 is 2.20 bits per heavy atom. The molecule has 1 aromatic rings. The van der Waals surface area contributed by atoms with E-state index < -0.39 is 5.97 Å². The monoisotopic (exact) mass is 224 g/mol. The Hall–Kier alpha value is -1.36. The Bertz CT molecular complexity index is 405. The summed E-state index contributed by atoms with van der Waals surface area (Å²) in [6.45, 7) is 7.01. The average Bonchev–Trinajstić information content (AvgIpc) is 2.12. The average molecular weight is 224 g/mol. The van der Waals surface area contributed by atoms with Crippen LogP contribution in [0.2, 0.25) is 0 Å². The third kappa shape index (κ3) is 2.79. The largest absolute Gasteiger partial charge is 0.478 e. The molecule has 0 saturated carbocycles. The molecule has 0 fully saturated rings. The highest BCUT2D eigenvalue weighted by atomic mass is 32.2. The number of aromatic nitrogens is 2. The summed E-state index contributed by atoms with van der Waals surface area (Å²) in [5, 5.41) is 9.52. The molecule has 4 nitrogen and oxygen atoms in total. The number of carboxylic acid groups (broad SMARTS) is 1. The Morgan fingerprint density at radius 3 is 2.73 bits per heavy atom. The highest BCUT2D eigenvalue weighted by molar-refractivity contribution is 7.99. The normalized spacial score (nSPS) is 10.0. The van der Waals surface area contributed by atoms with Crippen LogP contribution in [-0.4, -0.2) is 26.8 Å². The molecule has 0 aromatic carbocycles. The highest BCUT2D eigenvalue weighted by Gasteiger charge is 2.16. The van der Waals surface area contributed by atoms with Crippen molar-refractivity contribution in [2.45, 2.75) is 18.9 Å². The van der Waals surface area contributed by atoms with E-state index in [1.54, 1.807) is 19.9 Å². The van der Waals surface area contributed by atoms with E-state index in [0.717, 1.165) is 0 Å². The van der Waals surface area contributed by atoms with Crippen LogP contribution in [0.15, 0.2) is 17.7 Å². The first-order valence-electron chi connectivity index (χ1n) is 4.38. The number of nitrogens with zero attached hydrogens (tertiary/aromatic N) is 2. The summed E-state index contributed by atoms with van der Waals surface area (Å²) in [6, 6.07) is 0. The van der Waals surface area contributed by atoms with E-state index in [9.17, 15) is 4.79 Å². The lowest BCUT2D eigenvalue weighted by Crippen LogP contribution is -2.08. The number of carbonyl (C=O) groups is 1. The van der Waals surface area contributed by atoms with E-state index in [2.05, 4.69) is 16.5 Å². The standard InChI is InChI=1S/C10H12N2O2S/c1-4-5-15-9-8(10(13)14)6(2)11-7(3)12-9/h4H,1,5H2,2-3H3,(H,13,14). The zero-order valence-electron chi connectivity index (χ0n) is 8.65. The SMILES string of the molecule is C=CCSc1nc(C)nc(C)c1C(=O)O. The minimum absolute atomic E-state index is 0.187. The second-order valence-corrected chi connectivity index (χ2v) is 3.95. The number of hydrogen-bond donors (Lipinski definition) is 1. The number of carboxylic acids is 1. The molecule has 1 N–H and O–H groups in total. The topological polar surface area (TPSA) is 63.1 Å². The summed E-state index contributed by atoms with van der Waals surface area (Å²) in [7, 11) is 0. The van der Waals surface area contributed by atoms with Gasteiger partial charge >= 0.3 is 5.97 Å². The molecular formula is C10H12N2O2S. The lowest BCUT2D eigenvalue weighted by molar-refractivity contribution is 0.0690. The second kappa shape index (κ2) is 4.93. The molecule has 1 rings (SSSR count). The lowest BCUT2D eigenvalue weighted by Gasteiger charge is -2.06. The molecule has 0 aliphatic carbocycles. The molecule has 0 atom stereocenters. The van der Waals surface area contributed by atoms with Crippen molar-refractivity contribution in [3.8, 4) is 0 Å². The van der Waals surface area contributed by atoms with Gasteiger partial charge in [0.05, 0.1) is 5.69 Å². The molecule has 0 bridgehead atoms. The zero-order valence-corrected chi connectivity index (χ0v) is 9.47. The van der Waals surface area contributed by atoms with Crippen LogP contribution >= 0.6 is 11.8 Å². The van der Waals surface area contributed by atoms with Gasteiger partial charge in [-0.05, 0) is 13.8 Å². The second-order valence-electron chi connectivity index (χ2n) is 2.94. The predicted octanol–water partition coefficient (Wildman–Crippen LogP) is 2.07. The molecule has 0 aliphatic rings. The fourth-order valence-electron chi connectivity index (χ4n) is 1.17. The van der Waals surface area contributed by atoms with Gasteiger partial charge in [-0.2, -0.15) is 0 Å². The van der Waals surface area contributed by atoms with Crippen molar-refractivity contribution in [3.05, 3.63) is 29.7 Å². The minimum atomic E-state index is -0.987. The maximum Gasteiger partial charge on any atom is 0.340 e. The van der Waals surface area contributed by atoms with Crippen molar-refractivity contribution in [2.75, 3.05) is 5.75 Å². The molecule has 1 heterocycles. The number of aromatic carboxylic acids is 1. The van der Waals surface area contributed by atoms with E-state index in [-0.39, 0.29) is 5.56 Å². The molecule has 0 amide bonds. The van der Waals surface area contributed by atoms with Gasteiger partial charge in [0.15, 0.2) is 0 Å². The van der Waals surface area contributed by atoms with Crippen LogP contribution in [0.5, 0.6) is 0 Å². The van der Waals surface area contributed by atoms with Gasteiger partial charge in [0.2, 0.25) is 0 Å². The molecule has 0 radical (unpaired) electrons. The van der Waals surface area contributed by atoms with E-state index in [4.69, 9.17) is 5.11 Å². The third-order valence-electron chi connectivity index (χ3n) is 1.72. The van der Waals surface area contributed by atoms with Gasteiger partial charge in [-0.1, -0.05) is 6.08 Å². The maximum absolute atomic E-state index is 11.0. The molecule has 80 valence electrons. The van der Waals surface area contributed by atoms with Crippen LogP contribution in [0, 0.1) is 13.8 Å². The fraction of sp³-hybridized carbons (Fsp3) is 0.300. The molecule has 15 heavy (non-hydrogen) atoms. The van der Waals surface area contributed by atoms with Crippen molar-refractivity contribution in [3.63, 3.8) is 0 Å². The van der Waals surface area contributed by atoms with E-state index in [1.807, 2.05) is 0 Å². The Labute approximate surface area is 92.4 Å². The van der Waals surface area contributed by atoms with Crippen molar-refractivity contribution < 1.29 is 9.90 Å². The van der Waals surface area contributed by atoms with Gasteiger partial charge in [-0.25, -0.2) is 14.8 Å². The molecule has 0 saturated heterocycles. The van der Waals surface area contributed by atoms with Crippen LogP contribution < -0.4 is 0 Å². The molecular weight excluding hydrogens is 212 g/mol. The van der Waals surface area contributed by atoms with Crippen LogP contribution in [0.3, 0.4) is 0 Å². The summed E-state index contributed by atoms with van der Waals surface area (Å²) < 4.78 is 0. The third-order valence-corrected chi connectivity index (χ3v) is 2.69. The van der Waals surface area contributed by atoms with Crippen molar-refractivity contribution in [1.29, 1.82) is 0 Å². The zero-order chi connectivity index (χ0) is 11.4. The minimum Gasteiger partial charge on any atom is -0.478 e. The number of aryl methyl sites for hydroxylation is 2. The first-order valence-corrected chi connectivity index (χ1v) is 5.37. The van der Waals surface area contributed by atoms with Gasteiger partial charge in [0.1, 0.15) is 16.4 Å². The first kappa shape index (κ1) is 11.7. The Kier molecular flexibility index (Phi) is 3.85. The molecule has 5 heteroatoms. The van der Waals surface area contributed by atoms with Gasteiger partial charge < -0.3 is 5.11 Å². The fourth-order valence-corrected chi connectivity index (χ4v) is 2.02. The first-order chi connectivity index (χ1) is 7.06. The summed E-state index contributed by atoms with van der Waals surface area (Å²) in [5.74, 6) is 0.235. The van der Waals surface area contributed by atoms with Crippen LogP contribution in [0.1, 0.15) is 21.9 Å². The summed E-state index contributed by atoms with van der Waals surface area (Å²) in [4.78, 5) is 19.1. The van der Waals surface area contributed by atoms with Gasteiger partial charge in [0, 0.05) is 5.75 Å². The van der Waals surface area contributed by atoms with Crippen molar-refractivity contribution in [2.24, 2.45) is 0 Å². The summed E-state index contributed by atoms with van der Waals surface area (Å²) in [5.41, 5.74) is 0.689. The molecule has 0 aliphatic heterocycles. The number of hydrogen-bond acceptors (Lipinski definition) is 4. The Balaban J connectivity index is 3.20. The van der Waals surface area contributed by atoms with E-state index in [1.165, 1.54) is 11.8 Å². The lowest BCUT2D eigenvalue weighted by atomic mass is 10.2. The van der Waals surface area contributed by atoms with Crippen molar-refractivity contribution >= 4 is 17.7 Å². The van der Waals surface area contributed by atoms with Crippen molar-refractivity contribution in [1.82, 2.24) is 9.97 Å². The van der Waals surface area contributed by atoms with Crippen LogP contribution in [0.4, 0.5) is 0 Å². The highest BCUT2D eigenvalue weighted by Crippen LogP contribution is 2.22. The maximum atomic E-state index is 11.0. The van der Waals surface area contributed by atoms with Crippen LogP contribution in [-0.2, 0) is 0 Å². The van der Waals surface area contributed by atoms with Gasteiger partial charge in [-0.15, -0.1) is 18.3 Å². The Morgan fingerprint density at radius 1 is 1.53 bits per heavy atom. The number of thioether (sulfide) groups is 1. The van der Waals surface area contributed by atoms with E-state index in [0.29, 0.717) is 22.3 Å². The molecule has 0 spiro atoms. The van der Waals surface area contributed by atoms with Crippen LogP contribution in [0.25, 0.3) is 0 Å². The van der Waals surface area contributed by atoms with Gasteiger partial charge in [0.25, 0.3) is 0 Å². The van der Waals surface area contributed by atoms with E-state index >= 15 is 0 Å². The van der Waals surface area contributed by atoms with Gasteiger partial charge in [-0.3, -0.25) is 0 Å². The quantitative estimate of drug-likeness (QED) is 0.482. The number of rotatable bonds is 4. The smallest absolute Gasteiger partial charge is 0.340 e.